The van der Waals surface area contributed by atoms with E-state index in [0.29, 0.717) is 35.3 Å². The number of rotatable bonds is 6. The topological polar surface area (TPSA) is 108 Å². The van der Waals surface area contributed by atoms with Crippen LogP contribution in [0.4, 0.5) is 5.13 Å². The molecule has 0 saturated heterocycles. The lowest BCUT2D eigenvalue weighted by atomic mass is 9.95. The molecule has 2 aromatic rings. The third-order valence-electron chi connectivity index (χ3n) is 5.26. The first kappa shape index (κ1) is 18.6. The number of carbonyl (C=O) groups is 3. The number of aromatic nitrogens is 1. The molecule has 2 fully saturated rings. The third-order valence-corrected chi connectivity index (χ3v) is 6.02. The first-order chi connectivity index (χ1) is 13.5. The highest BCUT2D eigenvalue weighted by molar-refractivity contribution is 7.14. The first-order valence-electron chi connectivity index (χ1n) is 9.42. The van der Waals surface area contributed by atoms with Crippen molar-refractivity contribution < 1.29 is 19.5 Å². The Kier molecular flexibility index (Phi) is 5.13. The van der Waals surface area contributed by atoms with Gasteiger partial charge in [0.1, 0.15) is 0 Å². The summed E-state index contributed by atoms with van der Waals surface area (Å²) in [7, 11) is 0. The molecular formula is C20H21N3O4S. The number of benzene rings is 1. The average molecular weight is 399 g/mol. The minimum atomic E-state index is -0.914. The second-order valence-corrected chi connectivity index (χ2v) is 8.19. The maximum Gasteiger partial charge on any atom is 0.307 e. The zero-order valence-corrected chi connectivity index (χ0v) is 16.0. The molecule has 2 atom stereocenters. The molecule has 0 spiro atoms. The number of carbonyl (C=O) groups excluding carboxylic acids is 2. The quantitative estimate of drug-likeness (QED) is 0.691. The molecule has 7 nitrogen and oxygen atoms in total. The van der Waals surface area contributed by atoms with E-state index in [1.165, 1.54) is 11.3 Å². The van der Waals surface area contributed by atoms with Crippen molar-refractivity contribution in [2.45, 2.75) is 38.1 Å². The van der Waals surface area contributed by atoms with Crippen LogP contribution in [0, 0.1) is 11.8 Å². The molecule has 4 rings (SSSR count). The molecule has 2 amide bonds. The Morgan fingerprint density at radius 3 is 2.43 bits per heavy atom. The van der Waals surface area contributed by atoms with E-state index in [2.05, 4.69) is 15.6 Å². The summed E-state index contributed by atoms with van der Waals surface area (Å²) in [6.07, 6.45) is 3.97. The molecule has 28 heavy (non-hydrogen) atoms. The number of hydrogen-bond acceptors (Lipinski definition) is 5. The molecule has 146 valence electrons. The summed E-state index contributed by atoms with van der Waals surface area (Å²) in [4.78, 5) is 40.2. The van der Waals surface area contributed by atoms with E-state index in [4.69, 9.17) is 0 Å². The number of anilines is 1. The van der Waals surface area contributed by atoms with E-state index >= 15 is 0 Å². The molecule has 0 bridgehead atoms. The van der Waals surface area contributed by atoms with Gasteiger partial charge in [-0.05, 0) is 37.8 Å². The summed E-state index contributed by atoms with van der Waals surface area (Å²) in [6.45, 7) is 0. The normalized spacial score (nSPS) is 21.3. The Balaban J connectivity index is 1.40. The van der Waals surface area contributed by atoms with Crippen LogP contribution in [0.25, 0.3) is 11.3 Å². The van der Waals surface area contributed by atoms with Crippen molar-refractivity contribution in [3.05, 3.63) is 35.2 Å². The molecule has 3 N–H and O–H groups in total. The summed E-state index contributed by atoms with van der Waals surface area (Å²) in [5.41, 5.74) is 2.17. The smallest absolute Gasteiger partial charge is 0.307 e. The monoisotopic (exact) mass is 399 g/mol. The van der Waals surface area contributed by atoms with Crippen molar-refractivity contribution >= 4 is 34.3 Å². The lowest BCUT2D eigenvalue weighted by Gasteiger charge is -2.14. The van der Waals surface area contributed by atoms with Gasteiger partial charge in [0.15, 0.2) is 5.13 Å². The van der Waals surface area contributed by atoms with Crippen LogP contribution in [0.3, 0.4) is 0 Å². The van der Waals surface area contributed by atoms with E-state index < -0.39 is 17.8 Å². The Hall–Kier alpha value is -2.74. The van der Waals surface area contributed by atoms with Crippen LogP contribution in [-0.4, -0.2) is 33.9 Å². The van der Waals surface area contributed by atoms with Crippen molar-refractivity contribution in [2.24, 2.45) is 11.8 Å². The van der Waals surface area contributed by atoms with Gasteiger partial charge >= 0.3 is 5.97 Å². The Morgan fingerprint density at radius 1 is 1.04 bits per heavy atom. The number of nitrogens with zero attached hydrogens (tertiary/aromatic N) is 1. The second kappa shape index (κ2) is 7.71. The number of thiazole rings is 1. The molecular weight excluding hydrogens is 378 g/mol. The zero-order valence-electron chi connectivity index (χ0n) is 15.2. The Bertz CT molecular complexity index is 904. The average Bonchev–Trinajstić information content (AvgIpc) is 3.18. The first-order valence-corrected chi connectivity index (χ1v) is 10.3. The Labute approximate surface area is 166 Å². The van der Waals surface area contributed by atoms with E-state index in [-0.39, 0.29) is 11.8 Å². The van der Waals surface area contributed by atoms with Crippen molar-refractivity contribution in [3.63, 3.8) is 0 Å². The summed E-state index contributed by atoms with van der Waals surface area (Å²) >= 11 is 1.30. The fourth-order valence-corrected chi connectivity index (χ4v) is 4.24. The van der Waals surface area contributed by atoms with Crippen molar-refractivity contribution in [2.75, 3.05) is 5.32 Å². The largest absolute Gasteiger partial charge is 0.481 e. The van der Waals surface area contributed by atoms with Crippen molar-refractivity contribution in [3.8, 4) is 11.3 Å². The maximum atomic E-state index is 12.4. The molecule has 8 heteroatoms. The highest BCUT2D eigenvalue weighted by Gasteiger charge is 2.38. The van der Waals surface area contributed by atoms with Crippen LogP contribution >= 0.6 is 11.3 Å². The summed E-state index contributed by atoms with van der Waals surface area (Å²) in [5, 5.41) is 17.2. The maximum absolute atomic E-state index is 12.4. The van der Waals surface area contributed by atoms with E-state index in [1.54, 1.807) is 12.1 Å². The van der Waals surface area contributed by atoms with Gasteiger partial charge < -0.3 is 15.7 Å². The number of carboxylic acid groups (broad SMARTS) is 1. The van der Waals surface area contributed by atoms with Gasteiger partial charge in [-0.1, -0.05) is 18.6 Å². The number of aliphatic carboxylic acids is 1. The number of amides is 2. The standard InChI is InChI=1S/C20H21N3O4S/c24-17(21-13-8-9-13)12-6-4-11(5-7-12)16-10-28-20(22-16)23-18(25)14-2-1-3-15(14)19(26)27/h4-7,10,13-15H,1-3,8-9H2,(H,21,24)(H,26,27)(H,22,23,25). The van der Waals surface area contributed by atoms with Crippen molar-refractivity contribution in [1.29, 1.82) is 0 Å². The molecule has 2 unspecified atom stereocenters. The molecule has 2 aliphatic carbocycles. The molecule has 0 aliphatic heterocycles. The van der Waals surface area contributed by atoms with Crippen LogP contribution in [-0.2, 0) is 9.59 Å². The predicted octanol–water partition coefficient (Wildman–Crippen LogP) is 3.14. The van der Waals surface area contributed by atoms with E-state index in [9.17, 15) is 19.5 Å². The fourth-order valence-electron chi connectivity index (χ4n) is 3.52. The summed E-state index contributed by atoms with van der Waals surface area (Å²) in [6, 6.07) is 7.51. The van der Waals surface area contributed by atoms with Crippen molar-refractivity contribution in [1.82, 2.24) is 10.3 Å². The third kappa shape index (κ3) is 4.06. The molecule has 2 aliphatic rings. The summed E-state index contributed by atoms with van der Waals surface area (Å²) < 4.78 is 0. The van der Waals surface area contributed by atoms with E-state index in [0.717, 1.165) is 24.8 Å². The van der Waals surface area contributed by atoms with Crippen LogP contribution in [0.5, 0.6) is 0 Å². The Morgan fingerprint density at radius 2 is 1.75 bits per heavy atom. The zero-order chi connectivity index (χ0) is 19.7. The van der Waals surface area contributed by atoms with Gasteiger partial charge in [-0.3, -0.25) is 14.4 Å². The van der Waals surface area contributed by atoms with Crippen LogP contribution in [0.15, 0.2) is 29.6 Å². The van der Waals surface area contributed by atoms with Gasteiger partial charge in [0.05, 0.1) is 17.5 Å². The lowest BCUT2D eigenvalue weighted by molar-refractivity contribution is -0.145. The molecule has 0 radical (unpaired) electrons. The van der Waals surface area contributed by atoms with Gasteiger partial charge in [0, 0.05) is 22.5 Å². The summed E-state index contributed by atoms with van der Waals surface area (Å²) in [5.74, 6) is -2.38. The highest BCUT2D eigenvalue weighted by atomic mass is 32.1. The minimum absolute atomic E-state index is 0.0650. The number of carboxylic acids is 1. The van der Waals surface area contributed by atoms with Gasteiger partial charge in [-0.2, -0.15) is 0 Å². The van der Waals surface area contributed by atoms with Crippen LogP contribution in [0.2, 0.25) is 0 Å². The molecule has 1 heterocycles. The van der Waals surface area contributed by atoms with Gasteiger partial charge in [0.2, 0.25) is 5.91 Å². The lowest BCUT2D eigenvalue weighted by Crippen LogP contribution is -2.29. The van der Waals surface area contributed by atoms with Gasteiger partial charge in [-0.25, -0.2) is 4.98 Å². The second-order valence-electron chi connectivity index (χ2n) is 7.33. The number of hydrogen-bond donors (Lipinski definition) is 3. The highest BCUT2D eigenvalue weighted by Crippen LogP contribution is 2.33. The number of nitrogens with one attached hydrogen (secondary N) is 2. The van der Waals surface area contributed by atoms with Gasteiger partial charge in [0.25, 0.3) is 5.91 Å². The van der Waals surface area contributed by atoms with E-state index in [1.807, 2.05) is 17.5 Å². The fraction of sp³-hybridized carbons (Fsp3) is 0.400. The van der Waals surface area contributed by atoms with Crippen LogP contribution < -0.4 is 10.6 Å². The van der Waals surface area contributed by atoms with Gasteiger partial charge in [-0.15, -0.1) is 11.3 Å². The van der Waals surface area contributed by atoms with Crippen LogP contribution in [0.1, 0.15) is 42.5 Å². The molecule has 1 aromatic heterocycles. The molecule has 2 saturated carbocycles. The predicted molar refractivity (Wildman–Crippen MR) is 105 cm³/mol. The minimum Gasteiger partial charge on any atom is -0.481 e. The molecule has 1 aromatic carbocycles. The SMILES string of the molecule is O=C(NC1CC1)c1ccc(-c2csc(NC(=O)C3CCCC3C(=O)O)n2)cc1.